The molecule has 0 bridgehead atoms. The van der Waals surface area contributed by atoms with Gasteiger partial charge in [0.05, 0.1) is 15.7 Å². The van der Waals surface area contributed by atoms with Crippen LogP contribution in [0.3, 0.4) is 0 Å². The number of piperidine rings is 1. The van der Waals surface area contributed by atoms with Crippen molar-refractivity contribution in [2.75, 3.05) is 13.1 Å². The Balaban J connectivity index is 1.46. The van der Waals surface area contributed by atoms with Crippen molar-refractivity contribution in [2.24, 2.45) is 5.92 Å². The van der Waals surface area contributed by atoms with Crippen LogP contribution in [0.15, 0.2) is 39.8 Å². The molecule has 11 heteroatoms. The zero-order chi connectivity index (χ0) is 24.5. The van der Waals surface area contributed by atoms with Gasteiger partial charge in [-0.3, -0.25) is 4.79 Å². The highest BCUT2D eigenvalue weighted by atomic mass is 32.2. The second kappa shape index (κ2) is 9.93. The molecule has 0 unspecified atom stereocenters. The molecule has 182 valence electrons. The third kappa shape index (κ3) is 5.21. The van der Waals surface area contributed by atoms with Crippen molar-refractivity contribution in [1.29, 1.82) is 0 Å². The van der Waals surface area contributed by atoms with E-state index in [2.05, 4.69) is 15.5 Å². The van der Waals surface area contributed by atoms with E-state index < -0.39 is 15.9 Å². The molecule has 0 radical (unpaired) electrons. The lowest BCUT2D eigenvalue weighted by molar-refractivity contribution is -0.126. The monoisotopic (exact) mass is 506 g/mol. The Kier molecular flexibility index (Phi) is 7.15. The van der Waals surface area contributed by atoms with E-state index in [1.54, 1.807) is 25.1 Å². The number of nitrogens with one attached hydrogen (secondary N) is 1. The van der Waals surface area contributed by atoms with Crippen LogP contribution in [0.1, 0.15) is 48.9 Å². The number of halogens is 1. The first-order valence-corrected chi connectivity index (χ1v) is 13.4. The number of carbonyl (C=O) groups excluding carboxylic acids is 1. The Hall–Kier alpha value is -2.63. The molecule has 4 rings (SSSR count). The van der Waals surface area contributed by atoms with Crippen molar-refractivity contribution in [2.45, 2.75) is 51.0 Å². The Bertz CT molecular complexity index is 1270. The van der Waals surface area contributed by atoms with Gasteiger partial charge in [0.1, 0.15) is 5.82 Å². The van der Waals surface area contributed by atoms with Crippen LogP contribution in [0.2, 0.25) is 0 Å². The minimum atomic E-state index is -3.79. The molecule has 1 N–H and O–H groups in total. The van der Waals surface area contributed by atoms with Crippen LogP contribution in [-0.4, -0.2) is 41.9 Å². The summed E-state index contributed by atoms with van der Waals surface area (Å²) in [5.74, 6) is -0.0566. The van der Waals surface area contributed by atoms with Crippen molar-refractivity contribution >= 4 is 27.3 Å². The number of benzene rings is 1. The van der Waals surface area contributed by atoms with Crippen LogP contribution >= 0.6 is 11.3 Å². The van der Waals surface area contributed by atoms with Gasteiger partial charge >= 0.3 is 0 Å². The van der Waals surface area contributed by atoms with Gasteiger partial charge in [-0.05, 0) is 43.5 Å². The first-order valence-electron chi connectivity index (χ1n) is 11.1. The van der Waals surface area contributed by atoms with E-state index in [1.165, 1.54) is 27.8 Å². The highest BCUT2D eigenvalue weighted by Gasteiger charge is 2.35. The molecular formula is C23H27FN4O4S2. The third-order valence-corrected chi connectivity index (χ3v) is 8.95. The second-order valence-corrected chi connectivity index (χ2v) is 11.9. The maximum atomic E-state index is 13.4. The molecule has 1 aliphatic rings. The van der Waals surface area contributed by atoms with Gasteiger partial charge in [-0.25, -0.2) is 12.8 Å². The van der Waals surface area contributed by atoms with Gasteiger partial charge < -0.3 is 9.84 Å². The normalized spacial score (nSPS) is 17.3. The number of aromatic nitrogens is 2. The fourth-order valence-corrected chi connectivity index (χ4v) is 6.86. The molecule has 2 aromatic heterocycles. The Morgan fingerprint density at radius 1 is 1.32 bits per heavy atom. The van der Waals surface area contributed by atoms with Gasteiger partial charge in [0, 0.05) is 30.4 Å². The predicted octanol–water partition coefficient (Wildman–Crippen LogP) is 4.09. The topological polar surface area (TPSA) is 105 Å². The zero-order valence-electron chi connectivity index (χ0n) is 19.2. The number of thiophene rings is 1. The van der Waals surface area contributed by atoms with Crippen LogP contribution in [0, 0.1) is 18.7 Å². The summed E-state index contributed by atoms with van der Waals surface area (Å²) in [5.41, 5.74) is 0.776. The highest BCUT2D eigenvalue weighted by molar-refractivity contribution is 7.89. The van der Waals surface area contributed by atoms with Crippen LogP contribution < -0.4 is 5.32 Å². The number of hydrogen-bond acceptors (Lipinski definition) is 7. The van der Waals surface area contributed by atoms with Crippen molar-refractivity contribution in [3.8, 4) is 10.7 Å². The first-order chi connectivity index (χ1) is 16.1. The summed E-state index contributed by atoms with van der Waals surface area (Å²) in [6, 6.07) is 7.48. The average molecular weight is 507 g/mol. The average Bonchev–Trinajstić information content (AvgIpc) is 3.46. The zero-order valence-corrected chi connectivity index (χ0v) is 20.9. The lowest BCUT2D eigenvalue weighted by Gasteiger charge is -2.31. The van der Waals surface area contributed by atoms with Crippen molar-refractivity contribution < 1.29 is 22.1 Å². The molecule has 1 saturated heterocycles. The molecule has 1 aromatic carbocycles. The van der Waals surface area contributed by atoms with Crippen molar-refractivity contribution in [3.63, 3.8) is 0 Å². The Morgan fingerprint density at radius 2 is 2.06 bits per heavy atom. The molecule has 0 saturated carbocycles. The van der Waals surface area contributed by atoms with Crippen LogP contribution in [-0.2, 0) is 21.4 Å². The third-order valence-electron chi connectivity index (χ3n) is 5.78. The molecular weight excluding hydrogens is 479 g/mol. The van der Waals surface area contributed by atoms with E-state index >= 15 is 0 Å². The van der Waals surface area contributed by atoms with E-state index in [0.717, 1.165) is 5.56 Å². The second-order valence-electron chi connectivity index (χ2n) is 8.69. The van der Waals surface area contributed by atoms with Crippen LogP contribution in [0.4, 0.5) is 4.39 Å². The van der Waals surface area contributed by atoms with E-state index in [9.17, 15) is 17.6 Å². The first kappa shape index (κ1) is 24.5. The smallest absolute Gasteiger partial charge is 0.244 e. The van der Waals surface area contributed by atoms with Gasteiger partial charge in [-0.2, -0.15) is 9.29 Å². The maximum Gasteiger partial charge on any atom is 0.244 e. The van der Waals surface area contributed by atoms with Gasteiger partial charge in [0.25, 0.3) is 0 Å². The fraction of sp³-hybridized carbons (Fsp3) is 0.435. The summed E-state index contributed by atoms with van der Waals surface area (Å²) in [5, 5.41) is 6.82. The summed E-state index contributed by atoms with van der Waals surface area (Å²) in [6.45, 7) is 6.36. The van der Waals surface area contributed by atoms with Gasteiger partial charge in [0.15, 0.2) is 0 Å². The molecule has 3 aromatic rings. The molecule has 1 amide bonds. The molecule has 3 heterocycles. The number of aryl methyl sites for hydroxylation is 1. The minimum absolute atomic E-state index is 0.0741. The quantitative estimate of drug-likeness (QED) is 0.518. The van der Waals surface area contributed by atoms with Gasteiger partial charge in [0.2, 0.25) is 27.6 Å². The Labute approximate surface area is 202 Å². The fourth-order valence-electron chi connectivity index (χ4n) is 3.85. The summed E-state index contributed by atoms with van der Waals surface area (Å²) in [4.78, 5) is 18.6. The van der Waals surface area contributed by atoms with Crippen LogP contribution in [0.25, 0.3) is 10.7 Å². The molecule has 1 fully saturated rings. The summed E-state index contributed by atoms with van der Waals surface area (Å²) < 4.78 is 46.6. The lowest BCUT2D eigenvalue weighted by atomic mass is 9.99. The molecule has 1 aliphatic heterocycles. The lowest BCUT2D eigenvalue weighted by Crippen LogP contribution is -2.45. The minimum Gasteiger partial charge on any atom is -0.352 e. The van der Waals surface area contributed by atoms with Crippen molar-refractivity contribution in [1.82, 2.24) is 19.8 Å². The number of rotatable bonds is 7. The largest absolute Gasteiger partial charge is 0.352 e. The molecule has 0 spiro atoms. The molecule has 1 atom stereocenters. The number of hydrogen-bond donors (Lipinski definition) is 1. The molecule has 0 aliphatic carbocycles. The van der Waals surface area contributed by atoms with E-state index in [-0.39, 0.29) is 35.6 Å². The summed E-state index contributed by atoms with van der Waals surface area (Å²) in [7, 11) is -3.79. The van der Waals surface area contributed by atoms with Crippen molar-refractivity contribution in [3.05, 3.63) is 52.5 Å². The van der Waals surface area contributed by atoms with E-state index in [1.807, 2.05) is 13.8 Å². The maximum absolute atomic E-state index is 13.4. The van der Waals surface area contributed by atoms with Crippen LogP contribution in [0.5, 0.6) is 0 Å². The predicted molar refractivity (Wildman–Crippen MR) is 126 cm³/mol. The summed E-state index contributed by atoms with van der Waals surface area (Å²) in [6.07, 6.45) is 1.20. The standard InChI is InChI=1S/C23H27FN4O4S2/c1-14(2)23-26-21(27-32-23)19-11-20(15(3)33-19)34(30,31)28-10-4-5-17(13-28)22(29)25-12-16-6-8-18(24)9-7-16/h6-9,11,14,17H,4-5,10,12-13H2,1-3H3,(H,25,29)/t17-/m0/s1. The van der Waals surface area contributed by atoms with Gasteiger partial charge in [-0.1, -0.05) is 31.1 Å². The van der Waals surface area contributed by atoms with E-state index in [4.69, 9.17) is 4.52 Å². The highest BCUT2D eigenvalue weighted by Crippen LogP contribution is 2.35. The Morgan fingerprint density at radius 3 is 2.74 bits per heavy atom. The number of amides is 1. The number of nitrogens with zero attached hydrogens (tertiary/aromatic N) is 3. The number of carbonyl (C=O) groups is 1. The SMILES string of the molecule is Cc1sc(-c2noc(C(C)C)n2)cc1S(=O)(=O)N1CCC[C@H](C(=O)NCc2ccc(F)cc2)C1. The van der Waals surface area contributed by atoms with Gasteiger partial charge in [-0.15, -0.1) is 11.3 Å². The molecule has 8 nitrogen and oxygen atoms in total. The number of sulfonamides is 1. The van der Waals surface area contributed by atoms with E-state index in [0.29, 0.717) is 40.9 Å². The summed E-state index contributed by atoms with van der Waals surface area (Å²) >= 11 is 1.30. The molecule has 34 heavy (non-hydrogen) atoms.